The average molecular weight is 286 g/mol. The van der Waals surface area contributed by atoms with Crippen LogP contribution in [-0.2, 0) is 10.0 Å². The highest BCUT2D eigenvalue weighted by Crippen LogP contribution is 2.25. The third-order valence-electron chi connectivity index (χ3n) is 3.03. The van der Waals surface area contributed by atoms with Crippen molar-refractivity contribution in [1.82, 2.24) is 4.72 Å². The number of benzene rings is 1. The maximum atomic E-state index is 12.3. The highest BCUT2D eigenvalue weighted by molar-refractivity contribution is 7.89. The van der Waals surface area contributed by atoms with E-state index in [1.165, 1.54) is 0 Å². The van der Waals surface area contributed by atoms with Crippen molar-refractivity contribution >= 4 is 15.7 Å². The van der Waals surface area contributed by atoms with Gasteiger partial charge in [0.2, 0.25) is 10.0 Å². The lowest BCUT2D eigenvalue weighted by Crippen LogP contribution is -2.35. The standard InChI is InChI=1S/C13H22N2O3S/c1-8-5-6-12(14)13(11(8)4)19(17,18)15-9(2)7-10(3)16/h5-6,9-10,15-16H,7,14H2,1-4H3. The third-order valence-corrected chi connectivity index (χ3v) is 4.82. The number of aryl methyl sites for hydroxylation is 1. The van der Waals surface area contributed by atoms with Crippen LogP contribution in [0.3, 0.4) is 0 Å². The van der Waals surface area contributed by atoms with E-state index in [0.717, 1.165) is 5.56 Å². The van der Waals surface area contributed by atoms with Gasteiger partial charge in [0.1, 0.15) is 4.90 Å². The van der Waals surface area contributed by atoms with Crippen molar-refractivity contribution in [1.29, 1.82) is 0 Å². The molecule has 0 heterocycles. The summed E-state index contributed by atoms with van der Waals surface area (Å²) in [6.07, 6.45) is -0.210. The molecule has 6 heteroatoms. The fourth-order valence-electron chi connectivity index (χ4n) is 2.05. The van der Waals surface area contributed by atoms with Gasteiger partial charge in [-0.2, -0.15) is 0 Å². The van der Waals surface area contributed by atoms with E-state index in [4.69, 9.17) is 5.73 Å². The Balaban J connectivity index is 3.11. The molecule has 0 aliphatic heterocycles. The first kappa shape index (κ1) is 15.9. The molecular weight excluding hydrogens is 264 g/mol. The average Bonchev–Trinajstić information content (AvgIpc) is 2.21. The van der Waals surface area contributed by atoms with Gasteiger partial charge in [-0.15, -0.1) is 0 Å². The fourth-order valence-corrected chi connectivity index (χ4v) is 3.74. The minimum atomic E-state index is -3.68. The van der Waals surface area contributed by atoms with E-state index in [9.17, 15) is 13.5 Å². The molecule has 0 spiro atoms. The molecule has 0 aliphatic rings. The summed E-state index contributed by atoms with van der Waals surface area (Å²) in [5.74, 6) is 0. The lowest BCUT2D eigenvalue weighted by atomic mass is 10.1. The summed E-state index contributed by atoms with van der Waals surface area (Å²) < 4.78 is 27.2. The van der Waals surface area contributed by atoms with E-state index in [1.54, 1.807) is 32.9 Å². The number of aliphatic hydroxyl groups is 1. The van der Waals surface area contributed by atoms with Gasteiger partial charge in [0, 0.05) is 6.04 Å². The molecular formula is C13H22N2O3S. The van der Waals surface area contributed by atoms with Crippen molar-refractivity contribution in [3.8, 4) is 0 Å². The molecule has 0 amide bonds. The number of nitrogen functional groups attached to an aromatic ring is 1. The van der Waals surface area contributed by atoms with Gasteiger partial charge >= 0.3 is 0 Å². The largest absolute Gasteiger partial charge is 0.398 e. The number of sulfonamides is 1. The SMILES string of the molecule is Cc1ccc(N)c(S(=O)(=O)NC(C)CC(C)O)c1C. The topological polar surface area (TPSA) is 92.4 Å². The molecule has 1 rings (SSSR count). The normalized spacial score (nSPS) is 15.2. The van der Waals surface area contributed by atoms with E-state index in [1.807, 2.05) is 6.92 Å². The first-order valence-corrected chi connectivity index (χ1v) is 7.69. The molecule has 2 unspecified atom stereocenters. The number of nitrogens with two attached hydrogens (primary N) is 1. The van der Waals surface area contributed by atoms with Gasteiger partial charge in [0.05, 0.1) is 11.8 Å². The van der Waals surface area contributed by atoms with Gasteiger partial charge in [0.25, 0.3) is 0 Å². The summed E-state index contributed by atoms with van der Waals surface area (Å²) in [4.78, 5) is 0.130. The van der Waals surface area contributed by atoms with Crippen LogP contribution in [-0.4, -0.2) is 25.7 Å². The lowest BCUT2D eigenvalue weighted by molar-refractivity contribution is 0.175. The van der Waals surface area contributed by atoms with E-state index in [-0.39, 0.29) is 16.6 Å². The van der Waals surface area contributed by atoms with Crippen LogP contribution in [0.2, 0.25) is 0 Å². The molecule has 0 fully saturated rings. The first-order valence-electron chi connectivity index (χ1n) is 6.21. The summed E-state index contributed by atoms with van der Waals surface area (Å²) in [5.41, 5.74) is 7.54. The Morgan fingerprint density at radius 3 is 2.42 bits per heavy atom. The van der Waals surface area contributed by atoms with Crippen LogP contribution in [0.5, 0.6) is 0 Å². The maximum Gasteiger partial charge on any atom is 0.243 e. The number of nitrogens with one attached hydrogen (secondary N) is 1. The summed E-state index contributed by atoms with van der Waals surface area (Å²) in [6.45, 7) is 6.91. The Kier molecular flexibility index (Phi) is 4.95. The third kappa shape index (κ3) is 3.92. The van der Waals surface area contributed by atoms with E-state index < -0.39 is 16.1 Å². The predicted molar refractivity (Wildman–Crippen MR) is 76.4 cm³/mol. The molecule has 19 heavy (non-hydrogen) atoms. The van der Waals surface area contributed by atoms with Crippen LogP contribution in [0.25, 0.3) is 0 Å². The molecule has 0 bridgehead atoms. The van der Waals surface area contributed by atoms with Crippen LogP contribution in [0, 0.1) is 13.8 Å². The second-order valence-electron chi connectivity index (χ2n) is 5.03. The monoisotopic (exact) mass is 286 g/mol. The fraction of sp³-hybridized carbons (Fsp3) is 0.538. The van der Waals surface area contributed by atoms with Crippen LogP contribution in [0.15, 0.2) is 17.0 Å². The zero-order valence-electron chi connectivity index (χ0n) is 11.8. The molecule has 0 saturated heterocycles. The van der Waals surface area contributed by atoms with Crippen molar-refractivity contribution in [3.05, 3.63) is 23.3 Å². The number of hydrogen-bond donors (Lipinski definition) is 3. The molecule has 0 radical (unpaired) electrons. The minimum Gasteiger partial charge on any atom is -0.398 e. The Hall–Kier alpha value is -1.11. The number of aliphatic hydroxyl groups excluding tert-OH is 1. The van der Waals surface area contributed by atoms with Gasteiger partial charge in [-0.3, -0.25) is 0 Å². The molecule has 5 nitrogen and oxygen atoms in total. The second kappa shape index (κ2) is 5.90. The van der Waals surface area contributed by atoms with Gasteiger partial charge in [0.15, 0.2) is 0 Å². The highest BCUT2D eigenvalue weighted by Gasteiger charge is 2.23. The smallest absolute Gasteiger partial charge is 0.243 e. The molecule has 0 saturated carbocycles. The molecule has 0 aromatic heterocycles. The van der Waals surface area contributed by atoms with Gasteiger partial charge in [-0.05, 0) is 51.3 Å². The van der Waals surface area contributed by atoms with Crippen molar-refractivity contribution < 1.29 is 13.5 Å². The van der Waals surface area contributed by atoms with Crippen LogP contribution < -0.4 is 10.5 Å². The Labute approximate surface area is 114 Å². The van der Waals surface area contributed by atoms with Gasteiger partial charge in [-0.25, -0.2) is 13.1 Å². The van der Waals surface area contributed by atoms with Gasteiger partial charge < -0.3 is 10.8 Å². The minimum absolute atomic E-state index is 0.130. The quantitative estimate of drug-likeness (QED) is 0.712. The van der Waals surface area contributed by atoms with Gasteiger partial charge in [-0.1, -0.05) is 6.07 Å². The molecule has 1 aromatic rings. The van der Waals surface area contributed by atoms with Crippen molar-refractivity contribution in [2.45, 2.75) is 51.2 Å². The van der Waals surface area contributed by atoms with Crippen LogP contribution in [0.4, 0.5) is 5.69 Å². The van der Waals surface area contributed by atoms with Crippen molar-refractivity contribution in [3.63, 3.8) is 0 Å². The number of rotatable bonds is 5. The Morgan fingerprint density at radius 2 is 1.89 bits per heavy atom. The lowest BCUT2D eigenvalue weighted by Gasteiger charge is -2.18. The van der Waals surface area contributed by atoms with Crippen molar-refractivity contribution in [2.24, 2.45) is 0 Å². The molecule has 0 aliphatic carbocycles. The molecule has 108 valence electrons. The first-order chi connectivity index (χ1) is 8.65. The summed E-state index contributed by atoms with van der Waals surface area (Å²) in [5, 5.41) is 9.28. The van der Waals surface area contributed by atoms with E-state index >= 15 is 0 Å². The number of anilines is 1. The summed E-state index contributed by atoms with van der Waals surface area (Å²) >= 11 is 0. The van der Waals surface area contributed by atoms with Crippen LogP contribution >= 0.6 is 0 Å². The zero-order chi connectivity index (χ0) is 14.8. The zero-order valence-corrected chi connectivity index (χ0v) is 12.6. The molecule has 2 atom stereocenters. The van der Waals surface area contributed by atoms with E-state index in [2.05, 4.69) is 4.72 Å². The predicted octanol–water partition coefficient (Wildman–Crippen LogP) is 1.32. The molecule has 4 N–H and O–H groups in total. The summed E-state index contributed by atoms with van der Waals surface area (Å²) in [7, 11) is -3.68. The summed E-state index contributed by atoms with van der Waals surface area (Å²) in [6, 6.07) is 3.03. The number of hydrogen-bond acceptors (Lipinski definition) is 4. The van der Waals surface area contributed by atoms with Crippen LogP contribution in [0.1, 0.15) is 31.4 Å². The second-order valence-corrected chi connectivity index (χ2v) is 6.68. The Morgan fingerprint density at radius 1 is 1.32 bits per heavy atom. The van der Waals surface area contributed by atoms with Crippen molar-refractivity contribution in [2.75, 3.05) is 5.73 Å². The maximum absolute atomic E-state index is 12.3. The highest BCUT2D eigenvalue weighted by atomic mass is 32.2. The molecule has 1 aromatic carbocycles. The Bertz CT molecular complexity index is 553. The van der Waals surface area contributed by atoms with E-state index in [0.29, 0.717) is 12.0 Å².